The third-order valence-electron chi connectivity index (χ3n) is 2.39. The maximum Gasteiger partial charge on any atom is 0.255 e. The molecule has 2 rings (SSSR count). The van der Waals surface area contributed by atoms with Gasteiger partial charge in [0.1, 0.15) is 10.9 Å². The Morgan fingerprint density at radius 1 is 1.39 bits per heavy atom. The van der Waals surface area contributed by atoms with Crippen molar-refractivity contribution >= 4 is 11.6 Å². The van der Waals surface area contributed by atoms with Gasteiger partial charge in [-0.2, -0.15) is 0 Å². The predicted octanol–water partition coefficient (Wildman–Crippen LogP) is 1.66. The molecule has 0 bridgehead atoms. The molecule has 2 aromatic rings. The lowest BCUT2D eigenvalue weighted by atomic mass is 10.3. The predicted molar refractivity (Wildman–Crippen MR) is 68.1 cm³/mol. The van der Waals surface area contributed by atoms with E-state index in [0.29, 0.717) is 12.3 Å². The molecule has 94 valence electrons. The lowest BCUT2D eigenvalue weighted by Crippen LogP contribution is -2.20. The second-order valence-electron chi connectivity index (χ2n) is 3.82. The van der Waals surface area contributed by atoms with E-state index in [4.69, 9.17) is 16.3 Å². The highest BCUT2D eigenvalue weighted by molar-refractivity contribution is 6.29. The van der Waals surface area contributed by atoms with Crippen molar-refractivity contribution in [3.8, 4) is 5.75 Å². The van der Waals surface area contributed by atoms with Gasteiger partial charge in [-0.05, 0) is 6.92 Å². The number of methoxy groups -OCH3 is 1. The highest BCUT2D eigenvalue weighted by atomic mass is 35.5. The molecule has 0 aliphatic heterocycles. The van der Waals surface area contributed by atoms with E-state index in [0.717, 1.165) is 11.4 Å². The number of rotatable bonds is 3. The van der Waals surface area contributed by atoms with Gasteiger partial charge in [-0.15, -0.1) is 0 Å². The van der Waals surface area contributed by atoms with Crippen molar-refractivity contribution < 1.29 is 4.74 Å². The summed E-state index contributed by atoms with van der Waals surface area (Å²) in [5.74, 6) is 0.715. The number of nitrogens with zero attached hydrogens (tertiary/aromatic N) is 3. The Balaban J connectivity index is 2.33. The van der Waals surface area contributed by atoms with Gasteiger partial charge in [-0.3, -0.25) is 14.3 Å². The third kappa shape index (κ3) is 2.87. The summed E-state index contributed by atoms with van der Waals surface area (Å²) in [5.41, 5.74) is 1.36. The summed E-state index contributed by atoms with van der Waals surface area (Å²) in [6.07, 6.45) is 1.40. The third-order valence-corrected chi connectivity index (χ3v) is 2.60. The van der Waals surface area contributed by atoms with Crippen LogP contribution in [0.4, 0.5) is 0 Å². The van der Waals surface area contributed by atoms with Crippen LogP contribution in [0.1, 0.15) is 11.4 Å². The van der Waals surface area contributed by atoms with E-state index in [-0.39, 0.29) is 10.7 Å². The van der Waals surface area contributed by atoms with Crippen molar-refractivity contribution in [2.75, 3.05) is 7.11 Å². The van der Waals surface area contributed by atoms with Crippen LogP contribution in [0.15, 0.2) is 29.3 Å². The number of hydrogen-bond donors (Lipinski definition) is 0. The molecule has 0 spiro atoms. The van der Waals surface area contributed by atoms with Gasteiger partial charge < -0.3 is 4.74 Å². The van der Waals surface area contributed by atoms with Crippen LogP contribution in [-0.2, 0) is 6.54 Å². The Bertz CT molecular complexity index is 625. The summed E-state index contributed by atoms with van der Waals surface area (Å²) >= 11 is 5.63. The monoisotopic (exact) mass is 265 g/mol. The first-order chi connectivity index (χ1) is 8.58. The number of ether oxygens (including phenoxy) is 1. The molecular weight excluding hydrogens is 254 g/mol. The first-order valence-corrected chi connectivity index (χ1v) is 5.70. The summed E-state index contributed by atoms with van der Waals surface area (Å²) in [4.78, 5) is 19.9. The normalized spacial score (nSPS) is 10.4. The summed E-state index contributed by atoms with van der Waals surface area (Å²) in [6, 6.07) is 4.88. The SMILES string of the molecule is COc1cc(C)nc(Cn2cnc(Cl)cc2=O)c1. The first-order valence-electron chi connectivity index (χ1n) is 5.32. The highest BCUT2D eigenvalue weighted by Gasteiger charge is 2.04. The van der Waals surface area contributed by atoms with Gasteiger partial charge in [0.2, 0.25) is 0 Å². The smallest absolute Gasteiger partial charge is 0.255 e. The molecule has 0 aromatic carbocycles. The largest absolute Gasteiger partial charge is 0.497 e. The van der Waals surface area contributed by atoms with Gasteiger partial charge in [0.25, 0.3) is 5.56 Å². The Labute approximate surface area is 109 Å². The molecule has 0 atom stereocenters. The van der Waals surface area contributed by atoms with Gasteiger partial charge in [0, 0.05) is 23.9 Å². The maximum absolute atomic E-state index is 11.7. The van der Waals surface area contributed by atoms with Gasteiger partial charge in [-0.1, -0.05) is 11.6 Å². The van der Waals surface area contributed by atoms with E-state index in [1.807, 2.05) is 13.0 Å². The molecule has 0 fully saturated rings. The fourth-order valence-corrected chi connectivity index (χ4v) is 1.74. The molecule has 0 saturated heterocycles. The molecular formula is C12H12ClN3O2. The van der Waals surface area contributed by atoms with Gasteiger partial charge in [0.15, 0.2) is 0 Å². The quantitative estimate of drug-likeness (QED) is 0.792. The first kappa shape index (κ1) is 12.6. The molecule has 2 aromatic heterocycles. The fourth-order valence-electron chi connectivity index (χ4n) is 1.60. The van der Waals surface area contributed by atoms with Crippen LogP contribution >= 0.6 is 11.6 Å². The molecule has 0 N–H and O–H groups in total. The van der Waals surface area contributed by atoms with Crippen LogP contribution in [0, 0.1) is 6.92 Å². The number of aryl methyl sites for hydroxylation is 1. The van der Waals surface area contributed by atoms with E-state index in [1.165, 1.54) is 17.0 Å². The number of halogens is 1. The van der Waals surface area contributed by atoms with Crippen molar-refractivity contribution in [3.63, 3.8) is 0 Å². The van der Waals surface area contributed by atoms with E-state index in [1.54, 1.807) is 13.2 Å². The number of aromatic nitrogens is 3. The minimum absolute atomic E-state index is 0.186. The molecule has 2 heterocycles. The average Bonchev–Trinajstić information content (AvgIpc) is 2.32. The fraction of sp³-hybridized carbons (Fsp3) is 0.250. The summed E-state index contributed by atoms with van der Waals surface area (Å²) in [5, 5.41) is 0.186. The van der Waals surface area contributed by atoms with Crippen LogP contribution in [0.2, 0.25) is 5.15 Å². The summed E-state index contributed by atoms with van der Waals surface area (Å²) in [7, 11) is 1.59. The standard InChI is InChI=1S/C12H12ClN3O2/c1-8-3-10(18-2)4-9(15-8)6-16-7-14-11(13)5-12(16)17/h3-5,7H,6H2,1-2H3. The molecule has 0 aliphatic carbocycles. The number of pyridine rings is 1. The second-order valence-corrected chi connectivity index (χ2v) is 4.20. The zero-order valence-corrected chi connectivity index (χ0v) is 10.8. The number of hydrogen-bond acceptors (Lipinski definition) is 4. The van der Waals surface area contributed by atoms with Crippen molar-refractivity contribution in [3.05, 3.63) is 51.4 Å². The molecule has 0 amide bonds. The zero-order chi connectivity index (χ0) is 13.1. The van der Waals surface area contributed by atoms with Gasteiger partial charge >= 0.3 is 0 Å². The molecule has 5 nitrogen and oxygen atoms in total. The molecule has 0 aliphatic rings. The summed E-state index contributed by atoms with van der Waals surface area (Å²) in [6.45, 7) is 2.20. The molecule has 18 heavy (non-hydrogen) atoms. The Hall–Kier alpha value is -1.88. The topological polar surface area (TPSA) is 57.0 Å². The Morgan fingerprint density at radius 3 is 2.83 bits per heavy atom. The van der Waals surface area contributed by atoms with Crippen LogP contribution in [-0.4, -0.2) is 21.6 Å². The van der Waals surface area contributed by atoms with Crippen molar-refractivity contribution in [1.82, 2.24) is 14.5 Å². The van der Waals surface area contributed by atoms with Crippen LogP contribution in [0.25, 0.3) is 0 Å². The molecule has 6 heteroatoms. The van der Waals surface area contributed by atoms with E-state index >= 15 is 0 Å². The Kier molecular flexibility index (Phi) is 3.62. The van der Waals surface area contributed by atoms with Gasteiger partial charge in [0.05, 0.1) is 25.7 Å². The highest BCUT2D eigenvalue weighted by Crippen LogP contribution is 2.13. The van der Waals surface area contributed by atoms with Gasteiger partial charge in [-0.25, -0.2) is 4.98 Å². The minimum Gasteiger partial charge on any atom is -0.497 e. The molecule has 0 unspecified atom stereocenters. The Morgan fingerprint density at radius 2 is 2.17 bits per heavy atom. The summed E-state index contributed by atoms with van der Waals surface area (Å²) < 4.78 is 6.60. The lowest BCUT2D eigenvalue weighted by Gasteiger charge is -2.07. The average molecular weight is 266 g/mol. The molecule has 0 radical (unpaired) electrons. The zero-order valence-electron chi connectivity index (χ0n) is 10.1. The van der Waals surface area contributed by atoms with Crippen molar-refractivity contribution in [1.29, 1.82) is 0 Å². The van der Waals surface area contributed by atoms with E-state index in [2.05, 4.69) is 9.97 Å². The minimum atomic E-state index is -0.211. The van der Waals surface area contributed by atoms with E-state index < -0.39 is 0 Å². The van der Waals surface area contributed by atoms with Crippen molar-refractivity contribution in [2.24, 2.45) is 0 Å². The van der Waals surface area contributed by atoms with Crippen LogP contribution < -0.4 is 10.3 Å². The van der Waals surface area contributed by atoms with Crippen LogP contribution in [0.5, 0.6) is 5.75 Å². The van der Waals surface area contributed by atoms with Crippen molar-refractivity contribution in [2.45, 2.75) is 13.5 Å². The van der Waals surface area contributed by atoms with Crippen LogP contribution in [0.3, 0.4) is 0 Å². The lowest BCUT2D eigenvalue weighted by molar-refractivity contribution is 0.412. The molecule has 0 saturated carbocycles. The maximum atomic E-state index is 11.7. The second kappa shape index (κ2) is 5.18. The van der Waals surface area contributed by atoms with E-state index in [9.17, 15) is 4.79 Å².